The van der Waals surface area contributed by atoms with Crippen LogP contribution in [0, 0.1) is 11.3 Å². The van der Waals surface area contributed by atoms with Crippen LogP contribution >= 0.6 is 11.6 Å². The predicted molar refractivity (Wildman–Crippen MR) is 102 cm³/mol. The van der Waals surface area contributed by atoms with Gasteiger partial charge in [-0.05, 0) is 31.0 Å². The van der Waals surface area contributed by atoms with Gasteiger partial charge in [-0.25, -0.2) is 0 Å². The first-order valence-electron chi connectivity index (χ1n) is 9.06. The number of aryl methyl sites for hydroxylation is 1. The summed E-state index contributed by atoms with van der Waals surface area (Å²) in [5, 5.41) is 22.6. The molecule has 3 heterocycles. The summed E-state index contributed by atoms with van der Waals surface area (Å²) >= 11 is 6.27. The number of ether oxygens (including phenoxy) is 1. The molecule has 1 saturated heterocycles. The van der Waals surface area contributed by atoms with Gasteiger partial charge in [-0.3, -0.25) is 4.68 Å². The van der Waals surface area contributed by atoms with Crippen molar-refractivity contribution in [3.63, 3.8) is 0 Å². The lowest BCUT2D eigenvalue weighted by molar-refractivity contribution is -0.141. The Balaban J connectivity index is 1.82. The topological polar surface area (TPSA) is 75.8 Å². The fourth-order valence-electron chi connectivity index (χ4n) is 4.56. The zero-order valence-corrected chi connectivity index (χ0v) is 16.2. The molecule has 0 saturated carbocycles. The number of hydrogen-bond acceptors (Lipinski definition) is 5. The molecule has 27 heavy (non-hydrogen) atoms. The van der Waals surface area contributed by atoms with Crippen molar-refractivity contribution in [2.45, 2.75) is 49.5 Å². The number of halogens is 1. The van der Waals surface area contributed by atoms with Crippen molar-refractivity contribution in [1.82, 2.24) is 20.3 Å². The first kappa shape index (κ1) is 18.2. The third kappa shape index (κ3) is 2.87. The molecular formula is C20H22ClN5O. The number of nitrogens with zero attached hydrogens (tertiary/aromatic N) is 4. The number of nitrogens with one attached hydrogen (secondary N) is 1. The van der Waals surface area contributed by atoms with Crippen LogP contribution < -0.4 is 5.32 Å². The van der Waals surface area contributed by atoms with Gasteiger partial charge in [0.15, 0.2) is 5.60 Å². The van der Waals surface area contributed by atoms with Crippen LogP contribution in [0.1, 0.15) is 49.0 Å². The molecule has 6 nitrogen and oxygen atoms in total. The summed E-state index contributed by atoms with van der Waals surface area (Å²) in [6.07, 6.45) is 5.50. The third-order valence-electron chi connectivity index (χ3n) is 5.52. The van der Waals surface area contributed by atoms with E-state index in [0.717, 1.165) is 23.2 Å². The van der Waals surface area contributed by atoms with Gasteiger partial charge in [0.1, 0.15) is 6.07 Å². The van der Waals surface area contributed by atoms with Crippen molar-refractivity contribution < 1.29 is 4.74 Å². The summed E-state index contributed by atoms with van der Waals surface area (Å²) in [4.78, 5) is 0. The van der Waals surface area contributed by atoms with Gasteiger partial charge in [0.25, 0.3) is 0 Å². The Kier molecular flexibility index (Phi) is 4.34. The molecule has 2 aliphatic heterocycles. The molecule has 1 aromatic carbocycles. The van der Waals surface area contributed by atoms with Gasteiger partial charge in [-0.1, -0.05) is 29.0 Å². The third-order valence-corrected chi connectivity index (χ3v) is 5.76. The molecule has 0 aliphatic carbocycles. The maximum Gasteiger partial charge on any atom is 0.184 e. The second-order valence-electron chi connectivity index (χ2n) is 7.56. The molecule has 1 N–H and O–H groups in total. The van der Waals surface area contributed by atoms with E-state index in [4.69, 9.17) is 16.3 Å². The zero-order valence-electron chi connectivity index (χ0n) is 15.4. The maximum absolute atomic E-state index is 10.0. The summed E-state index contributed by atoms with van der Waals surface area (Å²) in [7, 11) is 1.85. The smallest absolute Gasteiger partial charge is 0.184 e. The fourth-order valence-corrected chi connectivity index (χ4v) is 4.73. The molecule has 7 heteroatoms. The highest BCUT2D eigenvalue weighted by Gasteiger charge is 2.56. The van der Waals surface area contributed by atoms with Crippen molar-refractivity contribution in [1.29, 1.82) is 5.26 Å². The van der Waals surface area contributed by atoms with Gasteiger partial charge in [0.05, 0.1) is 17.3 Å². The van der Waals surface area contributed by atoms with Gasteiger partial charge in [0, 0.05) is 42.7 Å². The fraction of sp³-hybridized carbons (Fsp3) is 0.450. The van der Waals surface area contributed by atoms with E-state index in [1.54, 1.807) is 10.8 Å². The minimum Gasteiger partial charge on any atom is -0.344 e. The van der Waals surface area contributed by atoms with Crippen molar-refractivity contribution in [2.24, 2.45) is 7.05 Å². The standard InChI is InChI=1S/C20H22ClN5O/c1-4-7-19(12-22)16-8-14(21)5-6-15(16)20(27-19)9-13(2)23-17(10-20)18-11-26(3)25-24-18/h4-6,8,11,13,17,23H,1,7,9-10H2,2-3H3. The number of hydrogen-bond donors (Lipinski definition) is 1. The number of nitriles is 1. The van der Waals surface area contributed by atoms with E-state index in [1.165, 1.54) is 0 Å². The average molecular weight is 384 g/mol. The molecule has 140 valence electrons. The molecule has 4 atom stereocenters. The first-order chi connectivity index (χ1) is 12.9. The number of piperidine rings is 1. The Labute approximate surface area is 163 Å². The van der Waals surface area contributed by atoms with Crippen molar-refractivity contribution in [2.75, 3.05) is 0 Å². The van der Waals surface area contributed by atoms with Crippen LogP contribution in [0.4, 0.5) is 0 Å². The second-order valence-corrected chi connectivity index (χ2v) is 8.00. The largest absolute Gasteiger partial charge is 0.344 e. The van der Waals surface area contributed by atoms with Gasteiger partial charge < -0.3 is 10.1 Å². The second kappa shape index (κ2) is 6.45. The van der Waals surface area contributed by atoms with Crippen molar-refractivity contribution in [3.05, 3.63) is 58.9 Å². The molecule has 4 unspecified atom stereocenters. The van der Waals surface area contributed by atoms with Crippen molar-refractivity contribution in [3.8, 4) is 6.07 Å². The van der Waals surface area contributed by atoms with Gasteiger partial charge >= 0.3 is 0 Å². The Morgan fingerprint density at radius 1 is 1.48 bits per heavy atom. The maximum atomic E-state index is 10.0. The van der Waals surface area contributed by atoms with E-state index in [9.17, 15) is 5.26 Å². The summed E-state index contributed by atoms with van der Waals surface area (Å²) in [5.74, 6) is 0. The highest BCUT2D eigenvalue weighted by molar-refractivity contribution is 6.30. The Morgan fingerprint density at radius 3 is 2.96 bits per heavy atom. The van der Waals surface area contributed by atoms with Crippen LogP contribution in [0.2, 0.25) is 5.02 Å². The van der Waals surface area contributed by atoms with Crippen molar-refractivity contribution >= 4 is 11.6 Å². The average Bonchev–Trinajstić information content (AvgIpc) is 3.16. The molecule has 2 aliphatic rings. The molecule has 1 fully saturated rings. The lowest BCUT2D eigenvalue weighted by Gasteiger charge is -2.42. The number of fused-ring (bicyclic) bond motifs is 2. The van der Waals surface area contributed by atoms with Crippen LogP contribution in [-0.2, 0) is 23.0 Å². The molecule has 0 bridgehead atoms. The van der Waals surface area contributed by atoms with E-state index in [-0.39, 0.29) is 12.1 Å². The minimum atomic E-state index is -1.06. The summed E-state index contributed by atoms with van der Waals surface area (Å²) in [6, 6.07) is 8.32. The van der Waals surface area contributed by atoms with E-state index in [2.05, 4.69) is 35.2 Å². The van der Waals surface area contributed by atoms with E-state index < -0.39 is 11.2 Å². The van der Waals surface area contributed by atoms with Crippen LogP contribution in [0.5, 0.6) is 0 Å². The molecule has 2 aromatic rings. The molecule has 0 amide bonds. The van der Waals surface area contributed by atoms with Crippen LogP contribution in [0.25, 0.3) is 0 Å². The zero-order chi connectivity index (χ0) is 19.2. The van der Waals surface area contributed by atoms with E-state index in [1.807, 2.05) is 31.4 Å². The normalized spacial score (nSPS) is 32.2. The Bertz CT molecular complexity index is 935. The predicted octanol–water partition coefficient (Wildman–Crippen LogP) is 3.50. The Hall–Kier alpha value is -2.20. The van der Waals surface area contributed by atoms with Crippen LogP contribution in [0.15, 0.2) is 37.1 Å². The summed E-state index contributed by atoms with van der Waals surface area (Å²) < 4.78 is 8.33. The molecule has 1 spiro atoms. The molecule has 4 rings (SSSR count). The number of rotatable bonds is 3. The quantitative estimate of drug-likeness (QED) is 0.821. The molecular weight excluding hydrogens is 362 g/mol. The van der Waals surface area contributed by atoms with E-state index in [0.29, 0.717) is 17.9 Å². The monoisotopic (exact) mass is 383 g/mol. The molecule has 0 radical (unpaired) electrons. The van der Waals surface area contributed by atoms with Gasteiger partial charge in [0.2, 0.25) is 0 Å². The van der Waals surface area contributed by atoms with Crippen LogP contribution in [0.3, 0.4) is 0 Å². The van der Waals surface area contributed by atoms with Crippen LogP contribution in [-0.4, -0.2) is 21.0 Å². The lowest BCUT2D eigenvalue weighted by atomic mass is 9.77. The summed E-state index contributed by atoms with van der Waals surface area (Å²) in [6.45, 7) is 5.96. The summed E-state index contributed by atoms with van der Waals surface area (Å²) in [5.41, 5.74) is 1.12. The van der Waals surface area contributed by atoms with Gasteiger partial charge in [-0.2, -0.15) is 5.26 Å². The Morgan fingerprint density at radius 2 is 2.30 bits per heavy atom. The lowest BCUT2D eigenvalue weighted by Crippen LogP contribution is -2.48. The SMILES string of the molecule is C=CCC1(C#N)OC2(CC(C)NC(c3cn(C)nn3)C2)c2ccc(Cl)cc21. The highest BCUT2D eigenvalue weighted by Crippen LogP contribution is 2.56. The number of benzene rings is 1. The minimum absolute atomic E-state index is 0.01000. The molecule has 1 aromatic heterocycles. The highest BCUT2D eigenvalue weighted by atomic mass is 35.5. The number of aromatic nitrogens is 3. The first-order valence-corrected chi connectivity index (χ1v) is 9.44. The van der Waals surface area contributed by atoms with E-state index >= 15 is 0 Å². The van der Waals surface area contributed by atoms with Gasteiger partial charge in [-0.15, -0.1) is 11.7 Å².